The van der Waals surface area contributed by atoms with Crippen LogP contribution in [0, 0.1) is 0 Å². The van der Waals surface area contributed by atoms with Crippen LogP contribution in [0.15, 0.2) is 62.7 Å². The van der Waals surface area contributed by atoms with Crippen molar-refractivity contribution in [3.63, 3.8) is 0 Å². The summed E-state index contributed by atoms with van der Waals surface area (Å²) in [6.45, 7) is 5.43. The number of hydrogen-bond donors (Lipinski definition) is 1. The summed E-state index contributed by atoms with van der Waals surface area (Å²) in [5.74, 6) is -0.509. The number of carbonyl (C=O) groups excluding carboxylic acids is 1. The van der Waals surface area contributed by atoms with Gasteiger partial charge in [-0.05, 0) is 69.2 Å². The lowest BCUT2D eigenvalue weighted by atomic mass is 9.95. The van der Waals surface area contributed by atoms with E-state index in [0.717, 1.165) is 32.1 Å². The Morgan fingerprint density at radius 2 is 1.68 bits per heavy atom. The largest absolute Gasteiger partial charge is 0.403 e. The summed E-state index contributed by atoms with van der Waals surface area (Å²) < 4.78 is 58.5. The van der Waals surface area contributed by atoms with Gasteiger partial charge >= 0.3 is 6.01 Å². The minimum Gasteiger partial charge on any atom is -0.403 e. The number of sulfonamides is 1. The minimum absolute atomic E-state index is 0.000349. The van der Waals surface area contributed by atoms with Crippen molar-refractivity contribution in [2.75, 3.05) is 11.9 Å². The third-order valence-corrected chi connectivity index (χ3v) is 10.9. The van der Waals surface area contributed by atoms with Crippen molar-refractivity contribution in [2.45, 2.75) is 74.0 Å². The minimum atomic E-state index is -3.68. The van der Waals surface area contributed by atoms with Crippen molar-refractivity contribution < 1.29 is 26.0 Å². The molecule has 1 fully saturated rings. The monoisotopic (exact) mass is 560 g/mol. The van der Waals surface area contributed by atoms with E-state index in [1.165, 1.54) is 36.4 Å². The number of nitrogens with one attached hydrogen (secondary N) is 1. The Kier molecular flexibility index (Phi) is 8.34. The van der Waals surface area contributed by atoms with Crippen LogP contribution in [0.1, 0.15) is 63.2 Å². The highest BCUT2D eigenvalue weighted by molar-refractivity contribution is 7.92. The van der Waals surface area contributed by atoms with Gasteiger partial charge < -0.3 is 4.42 Å². The van der Waals surface area contributed by atoms with E-state index >= 15 is 0 Å². The normalized spacial score (nSPS) is 15.2. The summed E-state index contributed by atoms with van der Waals surface area (Å²) in [7, 11) is -7.17. The van der Waals surface area contributed by atoms with Gasteiger partial charge in [0.2, 0.25) is 15.9 Å². The standard InChI is InChI=1S/C26H32N4O6S2/c1-4-30(21-10-6-5-7-11-21)38(34,35)22-15-13-19(14-16-22)24(31)27-26-29-28-25(36-26)20-9-8-12-23(17-20)37(32,33)18(2)3/h8-9,12-18,21H,4-7,10-11H2,1-3H3,(H,27,29,31). The molecule has 38 heavy (non-hydrogen) atoms. The zero-order chi connectivity index (χ0) is 27.5. The third kappa shape index (κ3) is 5.82. The topological polar surface area (TPSA) is 140 Å². The van der Waals surface area contributed by atoms with E-state index < -0.39 is 31.0 Å². The number of rotatable bonds is 9. The van der Waals surface area contributed by atoms with Crippen LogP contribution in [-0.4, -0.2) is 55.1 Å². The number of carbonyl (C=O) groups is 1. The van der Waals surface area contributed by atoms with E-state index in [9.17, 15) is 21.6 Å². The molecule has 3 aromatic rings. The van der Waals surface area contributed by atoms with Gasteiger partial charge in [-0.25, -0.2) is 16.8 Å². The van der Waals surface area contributed by atoms with Crippen LogP contribution in [-0.2, 0) is 19.9 Å². The van der Waals surface area contributed by atoms with Gasteiger partial charge in [0, 0.05) is 23.7 Å². The van der Waals surface area contributed by atoms with Gasteiger partial charge in [-0.1, -0.05) is 37.4 Å². The molecule has 0 unspecified atom stereocenters. The van der Waals surface area contributed by atoms with Gasteiger partial charge in [-0.3, -0.25) is 10.1 Å². The van der Waals surface area contributed by atoms with Gasteiger partial charge in [0.25, 0.3) is 5.91 Å². The second-order valence-corrected chi connectivity index (χ2v) is 13.9. The van der Waals surface area contributed by atoms with E-state index in [4.69, 9.17) is 4.42 Å². The van der Waals surface area contributed by atoms with Crippen molar-refractivity contribution >= 4 is 31.8 Å². The molecule has 1 aromatic heterocycles. The Morgan fingerprint density at radius 3 is 2.32 bits per heavy atom. The Bertz CT molecular complexity index is 1490. The predicted octanol–water partition coefficient (Wildman–Crippen LogP) is 4.51. The number of hydrogen-bond acceptors (Lipinski definition) is 8. The molecule has 0 saturated heterocycles. The molecule has 1 heterocycles. The lowest BCUT2D eigenvalue weighted by molar-refractivity contribution is 0.102. The number of benzene rings is 2. The van der Waals surface area contributed by atoms with Crippen LogP contribution >= 0.6 is 0 Å². The molecule has 12 heteroatoms. The summed E-state index contributed by atoms with van der Waals surface area (Å²) >= 11 is 0. The molecule has 4 rings (SSSR count). The zero-order valence-corrected chi connectivity index (χ0v) is 23.3. The fourth-order valence-electron chi connectivity index (χ4n) is 4.55. The summed E-state index contributed by atoms with van der Waals surface area (Å²) in [6, 6.07) is 11.7. The molecule has 1 aliphatic rings. The maximum atomic E-state index is 13.2. The number of amides is 1. The van der Waals surface area contributed by atoms with Crippen LogP contribution in [0.4, 0.5) is 6.01 Å². The Balaban J connectivity index is 1.47. The Hall–Kier alpha value is -3.09. The summed E-state index contributed by atoms with van der Waals surface area (Å²) in [5, 5.41) is 9.65. The second-order valence-electron chi connectivity index (χ2n) is 9.51. The van der Waals surface area contributed by atoms with E-state index in [2.05, 4.69) is 15.5 Å². The molecular weight excluding hydrogens is 528 g/mol. The lowest BCUT2D eigenvalue weighted by Crippen LogP contribution is -2.41. The van der Waals surface area contributed by atoms with Crippen molar-refractivity contribution in [3.8, 4) is 11.5 Å². The molecule has 1 amide bonds. The number of aromatic nitrogens is 2. The predicted molar refractivity (Wildman–Crippen MR) is 143 cm³/mol. The second kappa shape index (κ2) is 11.3. The first-order valence-electron chi connectivity index (χ1n) is 12.6. The van der Waals surface area contributed by atoms with E-state index in [0.29, 0.717) is 12.1 Å². The van der Waals surface area contributed by atoms with Crippen molar-refractivity contribution in [1.82, 2.24) is 14.5 Å². The first-order chi connectivity index (χ1) is 18.0. The van der Waals surface area contributed by atoms with E-state index in [1.807, 2.05) is 6.92 Å². The first-order valence-corrected chi connectivity index (χ1v) is 15.6. The van der Waals surface area contributed by atoms with Crippen LogP contribution in [0.25, 0.3) is 11.5 Å². The first kappa shape index (κ1) is 27.9. The van der Waals surface area contributed by atoms with E-state index in [1.54, 1.807) is 30.3 Å². The summed E-state index contributed by atoms with van der Waals surface area (Å²) in [4.78, 5) is 13.0. The molecule has 10 nitrogen and oxygen atoms in total. The molecule has 0 radical (unpaired) electrons. The lowest BCUT2D eigenvalue weighted by Gasteiger charge is -2.32. The fourth-order valence-corrected chi connectivity index (χ4v) is 7.34. The van der Waals surface area contributed by atoms with Crippen molar-refractivity contribution in [1.29, 1.82) is 0 Å². The van der Waals surface area contributed by atoms with Gasteiger partial charge in [0.1, 0.15) is 0 Å². The summed E-state index contributed by atoms with van der Waals surface area (Å²) in [6.07, 6.45) is 4.90. The highest BCUT2D eigenvalue weighted by Gasteiger charge is 2.31. The number of anilines is 1. The molecule has 204 valence electrons. The molecule has 2 aromatic carbocycles. The molecule has 1 N–H and O–H groups in total. The molecular formula is C26H32N4O6S2. The summed E-state index contributed by atoms with van der Waals surface area (Å²) in [5.41, 5.74) is 0.613. The molecule has 0 aliphatic heterocycles. The number of sulfone groups is 1. The van der Waals surface area contributed by atoms with Crippen molar-refractivity contribution in [3.05, 3.63) is 54.1 Å². The van der Waals surface area contributed by atoms with Crippen molar-refractivity contribution in [2.24, 2.45) is 0 Å². The van der Waals surface area contributed by atoms with Gasteiger partial charge in [-0.2, -0.15) is 4.31 Å². The molecule has 1 saturated carbocycles. The van der Waals surface area contributed by atoms with Gasteiger partial charge in [-0.15, -0.1) is 5.10 Å². The molecule has 0 spiro atoms. The smallest absolute Gasteiger partial charge is 0.322 e. The van der Waals surface area contributed by atoms with Crippen LogP contribution in [0.3, 0.4) is 0 Å². The maximum absolute atomic E-state index is 13.2. The average Bonchev–Trinajstić information content (AvgIpc) is 3.38. The highest BCUT2D eigenvalue weighted by Crippen LogP contribution is 2.28. The Morgan fingerprint density at radius 1 is 1.00 bits per heavy atom. The van der Waals surface area contributed by atoms with E-state index in [-0.39, 0.29) is 33.3 Å². The zero-order valence-electron chi connectivity index (χ0n) is 21.6. The van der Waals surface area contributed by atoms with Gasteiger partial charge in [0.05, 0.1) is 15.0 Å². The third-order valence-electron chi connectivity index (χ3n) is 6.69. The number of nitrogens with zero attached hydrogens (tertiary/aromatic N) is 3. The molecule has 1 aliphatic carbocycles. The van der Waals surface area contributed by atoms with Crippen LogP contribution in [0.2, 0.25) is 0 Å². The van der Waals surface area contributed by atoms with Crippen LogP contribution < -0.4 is 5.32 Å². The highest BCUT2D eigenvalue weighted by atomic mass is 32.2. The molecule has 0 atom stereocenters. The Labute approximate surface area is 223 Å². The van der Waals surface area contributed by atoms with Gasteiger partial charge in [0.15, 0.2) is 9.84 Å². The maximum Gasteiger partial charge on any atom is 0.322 e. The molecule has 0 bridgehead atoms. The average molecular weight is 561 g/mol. The SMILES string of the molecule is CCN(C1CCCCC1)S(=O)(=O)c1ccc(C(=O)Nc2nnc(-c3cccc(S(=O)(=O)C(C)C)c3)o2)cc1. The quantitative estimate of drug-likeness (QED) is 0.403. The van der Waals surface area contributed by atoms with Crippen LogP contribution in [0.5, 0.6) is 0 Å². The fraction of sp³-hybridized carbons (Fsp3) is 0.423.